The summed E-state index contributed by atoms with van der Waals surface area (Å²) in [5.41, 5.74) is 1.22. The fourth-order valence-electron chi connectivity index (χ4n) is 2.22. The molecule has 0 saturated carbocycles. The van der Waals surface area contributed by atoms with Gasteiger partial charge in [0.25, 0.3) is 0 Å². The van der Waals surface area contributed by atoms with Gasteiger partial charge in [0.15, 0.2) is 0 Å². The Labute approximate surface area is 129 Å². The molecule has 1 saturated heterocycles. The number of benzene rings is 1. The topological polar surface area (TPSA) is 58.6 Å². The molecule has 0 aromatic heterocycles. The maximum Gasteiger partial charge on any atom is 0.227 e. The Morgan fingerprint density at radius 3 is 3.05 bits per heavy atom. The first-order valence-corrected chi connectivity index (χ1v) is 7.37. The molecule has 2 rings (SSSR count). The van der Waals surface area contributed by atoms with E-state index in [2.05, 4.69) is 17.2 Å². The van der Waals surface area contributed by atoms with Gasteiger partial charge in [-0.2, -0.15) is 0 Å². The van der Waals surface area contributed by atoms with Gasteiger partial charge in [-0.25, -0.2) is 0 Å². The minimum Gasteiger partial charge on any atom is -0.384 e. The average Bonchev–Trinajstić information content (AvgIpc) is 2.49. The van der Waals surface area contributed by atoms with E-state index in [-0.39, 0.29) is 18.6 Å². The van der Waals surface area contributed by atoms with Crippen molar-refractivity contribution >= 4 is 23.2 Å². The van der Waals surface area contributed by atoms with E-state index in [0.717, 1.165) is 25.9 Å². The molecule has 0 spiro atoms. The number of amides is 1. The monoisotopic (exact) mass is 307 g/mol. The van der Waals surface area contributed by atoms with Gasteiger partial charge in [0, 0.05) is 12.2 Å². The van der Waals surface area contributed by atoms with Crippen LogP contribution in [0.25, 0.3) is 0 Å². The average molecular weight is 308 g/mol. The van der Waals surface area contributed by atoms with Crippen molar-refractivity contribution in [3.05, 3.63) is 28.8 Å². The van der Waals surface area contributed by atoms with E-state index in [1.54, 1.807) is 18.2 Å². The first kappa shape index (κ1) is 15.8. The number of halogens is 1. The highest BCUT2D eigenvalue weighted by Crippen LogP contribution is 2.24. The Bertz CT molecular complexity index is 556. The number of hydrogen-bond donors (Lipinski definition) is 2. The number of ether oxygens (including phenoxy) is 1. The van der Waals surface area contributed by atoms with Crippen molar-refractivity contribution in [3.63, 3.8) is 0 Å². The second-order valence-corrected chi connectivity index (χ2v) is 5.30. The Morgan fingerprint density at radius 1 is 1.48 bits per heavy atom. The first-order chi connectivity index (χ1) is 10.2. The van der Waals surface area contributed by atoms with E-state index in [4.69, 9.17) is 21.4 Å². The minimum absolute atomic E-state index is 0.00473. The third-order valence-corrected chi connectivity index (χ3v) is 3.57. The zero-order valence-corrected chi connectivity index (χ0v) is 12.4. The molecule has 0 bridgehead atoms. The van der Waals surface area contributed by atoms with Gasteiger partial charge in [-0.1, -0.05) is 23.4 Å². The summed E-state index contributed by atoms with van der Waals surface area (Å²) in [7, 11) is 0. The molecule has 1 fully saturated rings. The Kier molecular flexibility index (Phi) is 6.06. The number of hydrogen-bond acceptors (Lipinski definition) is 3. The molecule has 1 aromatic carbocycles. The van der Waals surface area contributed by atoms with Crippen LogP contribution in [0.2, 0.25) is 5.02 Å². The predicted molar refractivity (Wildman–Crippen MR) is 82.3 cm³/mol. The van der Waals surface area contributed by atoms with Crippen molar-refractivity contribution in [2.75, 3.05) is 18.5 Å². The lowest BCUT2D eigenvalue weighted by Gasteiger charge is -2.22. The summed E-state index contributed by atoms with van der Waals surface area (Å²) in [6.07, 6.45) is 3.42. The van der Waals surface area contributed by atoms with Gasteiger partial charge in [0.2, 0.25) is 5.91 Å². The summed E-state index contributed by atoms with van der Waals surface area (Å²) >= 11 is 6.07. The van der Waals surface area contributed by atoms with Crippen molar-refractivity contribution in [1.82, 2.24) is 0 Å². The summed E-state index contributed by atoms with van der Waals surface area (Å²) in [6.45, 7) is 0.522. The molecule has 112 valence electrons. The molecule has 2 N–H and O–H groups in total. The van der Waals surface area contributed by atoms with E-state index < -0.39 is 0 Å². The molecule has 0 radical (unpaired) electrons. The number of nitrogens with one attached hydrogen (secondary N) is 1. The molecule has 4 nitrogen and oxygen atoms in total. The summed E-state index contributed by atoms with van der Waals surface area (Å²) < 4.78 is 5.55. The van der Waals surface area contributed by atoms with Gasteiger partial charge in [-0.15, -0.1) is 0 Å². The zero-order chi connectivity index (χ0) is 15.1. The lowest BCUT2D eigenvalue weighted by Crippen LogP contribution is -2.25. The van der Waals surface area contributed by atoms with Gasteiger partial charge in [-0.3, -0.25) is 4.79 Å². The van der Waals surface area contributed by atoms with Crippen molar-refractivity contribution in [2.45, 2.75) is 31.8 Å². The highest BCUT2D eigenvalue weighted by Gasteiger charge is 2.18. The van der Waals surface area contributed by atoms with Gasteiger partial charge >= 0.3 is 0 Å². The molecule has 1 aromatic rings. The summed E-state index contributed by atoms with van der Waals surface area (Å²) in [5.74, 6) is 5.23. The molecule has 1 aliphatic rings. The highest BCUT2D eigenvalue weighted by molar-refractivity contribution is 6.33. The third kappa shape index (κ3) is 5.05. The normalized spacial score (nSPS) is 17.7. The van der Waals surface area contributed by atoms with Crippen LogP contribution in [0.15, 0.2) is 18.2 Å². The highest BCUT2D eigenvalue weighted by atomic mass is 35.5. The summed E-state index contributed by atoms with van der Waals surface area (Å²) in [6, 6.07) is 5.12. The smallest absolute Gasteiger partial charge is 0.227 e. The number of rotatable bonds is 3. The molecule has 0 aliphatic carbocycles. The Morgan fingerprint density at radius 2 is 2.33 bits per heavy atom. The van der Waals surface area contributed by atoms with Crippen LogP contribution in [-0.2, 0) is 9.53 Å². The van der Waals surface area contributed by atoms with Gasteiger partial charge in [0.1, 0.15) is 6.61 Å². The van der Waals surface area contributed by atoms with Crippen LogP contribution >= 0.6 is 11.6 Å². The molecule has 1 atom stereocenters. The molecule has 1 heterocycles. The summed E-state index contributed by atoms with van der Waals surface area (Å²) in [4.78, 5) is 12.0. The lowest BCUT2D eigenvalue weighted by molar-refractivity contribution is -0.119. The van der Waals surface area contributed by atoms with Crippen LogP contribution in [0.5, 0.6) is 0 Å². The second kappa shape index (κ2) is 8.04. The van der Waals surface area contributed by atoms with Crippen molar-refractivity contribution < 1.29 is 14.6 Å². The predicted octanol–water partition coefficient (Wildman–Crippen LogP) is 2.58. The Hall–Kier alpha value is -1.54. The molecule has 1 amide bonds. The minimum atomic E-state index is -0.205. The van der Waals surface area contributed by atoms with Crippen LogP contribution in [0.3, 0.4) is 0 Å². The van der Waals surface area contributed by atoms with E-state index in [0.29, 0.717) is 22.7 Å². The van der Waals surface area contributed by atoms with Crippen molar-refractivity contribution in [2.24, 2.45) is 0 Å². The van der Waals surface area contributed by atoms with Gasteiger partial charge in [-0.05, 0) is 37.5 Å². The molecular weight excluding hydrogens is 290 g/mol. The number of carbonyl (C=O) groups is 1. The standard InChI is InChI=1S/C16H18ClNO3/c17-14-7-6-12(4-3-8-19)10-15(14)18-16(20)11-13-5-1-2-9-21-13/h6-7,10,13,19H,1-2,5,8-9,11H2,(H,18,20). The Balaban J connectivity index is 1.98. The van der Waals surface area contributed by atoms with Crippen LogP contribution < -0.4 is 5.32 Å². The van der Waals surface area contributed by atoms with E-state index in [1.165, 1.54) is 0 Å². The largest absolute Gasteiger partial charge is 0.384 e. The fraction of sp³-hybridized carbons (Fsp3) is 0.438. The van der Waals surface area contributed by atoms with Crippen LogP contribution in [0, 0.1) is 11.8 Å². The first-order valence-electron chi connectivity index (χ1n) is 7.00. The number of aliphatic hydroxyl groups excluding tert-OH is 1. The van der Waals surface area contributed by atoms with Gasteiger partial charge < -0.3 is 15.2 Å². The molecular formula is C16H18ClNO3. The SMILES string of the molecule is O=C(CC1CCCCO1)Nc1cc(C#CCO)ccc1Cl. The van der Waals surface area contributed by atoms with Crippen LogP contribution in [0.1, 0.15) is 31.2 Å². The van der Waals surface area contributed by atoms with E-state index in [1.807, 2.05) is 0 Å². The molecule has 5 heteroatoms. The number of carbonyl (C=O) groups excluding carboxylic acids is 1. The molecule has 1 unspecified atom stereocenters. The fourth-order valence-corrected chi connectivity index (χ4v) is 2.38. The quantitative estimate of drug-likeness (QED) is 0.844. The van der Waals surface area contributed by atoms with E-state index in [9.17, 15) is 4.79 Å². The van der Waals surface area contributed by atoms with Crippen LogP contribution in [-0.4, -0.2) is 30.3 Å². The van der Waals surface area contributed by atoms with E-state index >= 15 is 0 Å². The van der Waals surface area contributed by atoms with Gasteiger partial charge in [0.05, 0.1) is 23.2 Å². The maximum atomic E-state index is 12.0. The van der Waals surface area contributed by atoms with Crippen molar-refractivity contribution in [3.8, 4) is 11.8 Å². The number of aliphatic hydroxyl groups is 1. The maximum absolute atomic E-state index is 12.0. The third-order valence-electron chi connectivity index (χ3n) is 3.24. The second-order valence-electron chi connectivity index (χ2n) is 4.90. The number of anilines is 1. The molecule has 21 heavy (non-hydrogen) atoms. The van der Waals surface area contributed by atoms with Crippen LogP contribution in [0.4, 0.5) is 5.69 Å². The lowest BCUT2D eigenvalue weighted by atomic mass is 10.1. The molecule has 1 aliphatic heterocycles. The zero-order valence-electron chi connectivity index (χ0n) is 11.7. The van der Waals surface area contributed by atoms with Crippen molar-refractivity contribution in [1.29, 1.82) is 0 Å². The summed E-state index contributed by atoms with van der Waals surface area (Å²) in [5, 5.41) is 11.9.